The summed E-state index contributed by atoms with van der Waals surface area (Å²) in [7, 11) is 3.98. The number of amides is 1. The van der Waals surface area contributed by atoms with Crippen LogP contribution in [-0.2, 0) is 9.59 Å². The first-order valence-corrected chi connectivity index (χ1v) is 11.3. The average molecular weight is 445 g/mol. The van der Waals surface area contributed by atoms with Crippen LogP contribution in [0.1, 0.15) is 50.8 Å². The fourth-order valence-electron chi connectivity index (χ4n) is 4.83. The van der Waals surface area contributed by atoms with Crippen LogP contribution in [0.3, 0.4) is 0 Å². The first-order chi connectivity index (χ1) is 15.6. The zero-order valence-electron chi connectivity index (χ0n) is 20.2. The number of carbonyl (C=O) groups excluding carboxylic acids is 2. The summed E-state index contributed by atoms with van der Waals surface area (Å²) >= 11 is 0. The summed E-state index contributed by atoms with van der Waals surface area (Å²) in [6, 6.07) is 13.6. The van der Waals surface area contributed by atoms with E-state index in [1.54, 1.807) is 6.07 Å². The Morgan fingerprint density at radius 1 is 1.09 bits per heavy atom. The SMILES string of the molecule is CC1=C(C(=O)Nc2cccc(C)n2)[C@H](c2ccc(N(C)C)cc2)C2=C(CC(C)(C)CC2=O)N1. The van der Waals surface area contributed by atoms with Crippen molar-refractivity contribution < 1.29 is 9.59 Å². The van der Waals surface area contributed by atoms with Crippen molar-refractivity contribution in [3.05, 3.63) is 76.3 Å². The third kappa shape index (κ3) is 4.56. The lowest BCUT2D eigenvalue weighted by atomic mass is 9.68. The highest BCUT2D eigenvalue weighted by molar-refractivity contribution is 6.09. The molecule has 0 saturated heterocycles. The molecule has 33 heavy (non-hydrogen) atoms. The summed E-state index contributed by atoms with van der Waals surface area (Å²) in [6.45, 7) is 8.02. The van der Waals surface area contributed by atoms with Crippen LogP contribution in [-0.4, -0.2) is 30.8 Å². The van der Waals surface area contributed by atoms with Crippen molar-refractivity contribution in [2.24, 2.45) is 5.41 Å². The van der Waals surface area contributed by atoms with Crippen molar-refractivity contribution in [3.63, 3.8) is 0 Å². The summed E-state index contributed by atoms with van der Waals surface area (Å²) in [5, 5.41) is 6.36. The largest absolute Gasteiger partial charge is 0.378 e. The molecule has 0 saturated carbocycles. The molecule has 1 atom stereocenters. The van der Waals surface area contributed by atoms with Gasteiger partial charge in [0.25, 0.3) is 5.91 Å². The molecule has 2 aromatic rings. The van der Waals surface area contributed by atoms with Crippen molar-refractivity contribution in [2.45, 2.75) is 46.5 Å². The molecule has 6 nitrogen and oxygen atoms in total. The highest BCUT2D eigenvalue weighted by Gasteiger charge is 2.42. The molecular weight excluding hydrogens is 412 g/mol. The number of rotatable bonds is 4. The van der Waals surface area contributed by atoms with E-state index < -0.39 is 5.92 Å². The molecule has 0 bridgehead atoms. The molecule has 0 radical (unpaired) electrons. The lowest BCUT2D eigenvalue weighted by Crippen LogP contribution is -2.39. The van der Waals surface area contributed by atoms with Gasteiger partial charge >= 0.3 is 0 Å². The monoisotopic (exact) mass is 444 g/mol. The normalized spacial score (nSPS) is 19.7. The second-order valence-corrected chi connectivity index (χ2v) is 10.0. The number of nitrogens with zero attached hydrogens (tertiary/aromatic N) is 2. The van der Waals surface area contributed by atoms with Gasteiger partial charge in [0.15, 0.2) is 5.78 Å². The summed E-state index contributed by atoms with van der Waals surface area (Å²) < 4.78 is 0. The molecule has 0 spiro atoms. The van der Waals surface area contributed by atoms with Crippen molar-refractivity contribution >= 4 is 23.2 Å². The average Bonchev–Trinajstić information content (AvgIpc) is 2.71. The smallest absolute Gasteiger partial charge is 0.255 e. The molecule has 2 heterocycles. The van der Waals surface area contributed by atoms with Crippen LogP contribution in [0, 0.1) is 12.3 Å². The van der Waals surface area contributed by atoms with Crippen LogP contribution < -0.4 is 15.5 Å². The van der Waals surface area contributed by atoms with E-state index in [9.17, 15) is 9.59 Å². The number of allylic oxidation sites excluding steroid dienone is 3. The Labute approximate surface area is 195 Å². The van der Waals surface area contributed by atoms with E-state index in [-0.39, 0.29) is 17.1 Å². The van der Waals surface area contributed by atoms with Crippen molar-refractivity contribution in [1.82, 2.24) is 10.3 Å². The minimum Gasteiger partial charge on any atom is -0.378 e. The molecule has 1 amide bonds. The number of anilines is 2. The quantitative estimate of drug-likeness (QED) is 0.715. The number of carbonyl (C=O) groups is 2. The predicted molar refractivity (Wildman–Crippen MR) is 132 cm³/mol. The van der Waals surface area contributed by atoms with Gasteiger partial charge in [0.2, 0.25) is 0 Å². The van der Waals surface area contributed by atoms with E-state index >= 15 is 0 Å². The van der Waals surface area contributed by atoms with Crippen LogP contribution in [0.4, 0.5) is 11.5 Å². The Bertz CT molecular complexity index is 1170. The van der Waals surface area contributed by atoms with E-state index in [4.69, 9.17) is 0 Å². The molecular formula is C27H32N4O2. The zero-order valence-corrected chi connectivity index (χ0v) is 20.2. The Morgan fingerprint density at radius 3 is 2.42 bits per heavy atom. The van der Waals surface area contributed by atoms with Gasteiger partial charge in [-0.15, -0.1) is 0 Å². The lowest BCUT2D eigenvalue weighted by molar-refractivity contribution is -0.118. The number of aromatic nitrogens is 1. The van der Waals surface area contributed by atoms with Gasteiger partial charge in [-0.1, -0.05) is 32.0 Å². The predicted octanol–water partition coefficient (Wildman–Crippen LogP) is 4.70. The molecule has 1 aromatic carbocycles. The summed E-state index contributed by atoms with van der Waals surface area (Å²) in [5.74, 6) is -0.0744. The van der Waals surface area contributed by atoms with Crippen LogP contribution in [0.25, 0.3) is 0 Å². The van der Waals surface area contributed by atoms with Gasteiger partial charge in [-0.2, -0.15) is 0 Å². The number of pyridine rings is 1. The molecule has 1 aromatic heterocycles. The highest BCUT2D eigenvalue weighted by Crippen LogP contribution is 2.46. The van der Waals surface area contributed by atoms with Gasteiger partial charge in [-0.05, 0) is 55.5 Å². The Hall–Kier alpha value is -3.41. The van der Waals surface area contributed by atoms with Gasteiger partial charge in [0, 0.05) is 60.4 Å². The van der Waals surface area contributed by atoms with Gasteiger partial charge in [-0.25, -0.2) is 4.98 Å². The first-order valence-electron chi connectivity index (χ1n) is 11.3. The number of nitrogens with one attached hydrogen (secondary N) is 2. The maximum Gasteiger partial charge on any atom is 0.255 e. The summed E-state index contributed by atoms with van der Waals surface area (Å²) in [4.78, 5) is 33.4. The van der Waals surface area contributed by atoms with E-state index in [0.29, 0.717) is 23.4 Å². The highest BCUT2D eigenvalue weighted by atomic mass is 16.2. The molecule has 0 unspecified atom stereocenters. The topological polar surface area (TPSA) is 74.3 Å². The van der Waals surface area contributed by atoms with Gasteiger partial charge < -0.3 is 15.5 Å². The third-order valence-electron chi connectivity index (χ3n) is 6.36. The second kappa shape index (κ2) is 8.50. The number of aryl methyl sites for hydroxylation is 1. The Kier molecular flexibility index (Phi) is 5.87. The maximum atomic E-state index is 13.6. The number of hydrogen-bond acceptors (Lipinski definition) is 5. The van der Waals surface area contributed by atoms with Crippen LogP contribution in [0.5, 0.6) is 0 Å². The van der Waals surface area contributed by atoms with E-state index in [1.807, 2.05) is 69.2 Å². The van der Waals surface area contributed by atoms with Crippen LogP contribution in [0.15, 0.2) is 65.0 Å². The van der Waals surface area contributed by atoms with Crippen LogP contribution >= 0.6 is 0 Å². The lowest BCUT2D eigenvalue weighted by Gasteiger charge is -2.39. The van der Waals surface area contributed by atoms with Gasteiger partial charge in [0.05, 0.1) is 0 Å². The number of Topliss-reactive ketones (excluding diaryl/α,β-unsaturated/α-hetero) is 1. The van der Waals surface area contributed by atoms with Crippen LogP contribution in [0.2, 0.25) is 0 Å². The maximum absolute atomic E-state index is 13.6. The third-order valence-corrected chi connectivity index (χ3v) is 6.36. The fourth-order valence-corrected chi connectivity index (χ4v) is 4.83. The molecule has 2 aliphatic rings. The Morgan fingerprint density at radius 2 is 1.79 bits per heavy atom. The van der Waals surface area contributed by atoms with Gasteiger partial charge in [0.1, 0.15) is 5.82 Å². The molecule has 6 heteroatoms. The molecule has 1 aliphatic heterocycles. The minimum atomic E-state index is -0.425. The van der Waals surface area contributed by atoms with Crippen molar-refractivity contribution in [2.75, 3.05) is 24.3 Å². The number of ketones is 1. The van der Waals surface area contributed by atoms with Gasteiger partial charge in [-0.3, -0.25) is 9.59 Å². The van der Waals surface area contributed by atoms with Crippen molar-refractivity contribution in [3.8, 4) is 0 Å². The van der Waals surface area contributed by atoms with E-state index in [2.05, 4.69) is 29.5 Å². The molecule has 0 fully saturated rings. The minimum absolute atomic E-state index is 0.0990. The zero-order chi connectivity index (χ0) is 23.9. The molecule has 4 rings (SSSR count). The van der Waals surface area contributed by atoms with E-state index in [0.717, 1.165) is 34.8 Å². The second-order valence-electron chi connectivity index (χ2n) is 10.0. The summed E-state index contributed by atoms with van der Waals surface area (Å²) in [6.07, 6.45) is 1.24. The Balaban J connectivity index is 1.80. The first kappa shape index (κ1) is 22.8. The van der Waals surface area contributed by atoms with Crippen molar-refractivity contribution in [1.29, 1.82) is 0 Å². The standard InChI is InChI=1S/C27H32N4O2/c1-16-8-7-9-22(28-16)30-26(33)23-17(2)29-20-14-27(3,4)15-21(32)25(20)24(23)18-10-12-19(13-11-18)31(5)6/h7-13,24,29H,14-15H2,1-6H3,(H,28,30,33)/t24-/m0/s1. The molecule has 2 N–H and O–H groups in total. The van der Waals surface area contributed by atoms with E-state index in [1.165, 1.54) is 0 Å². The number of benzene rings is 1. The fraction of sp³-hybridized carbons (Fsp3) is 0.370. The summed E-state index contributed by atoms with van der Waals surface area (Å²) in [5.41, 5.74) is 5.67. The molecule has 1 aliphatic carbocycles. The molecule has 172 valence electrons. The number of hydrogen-bond donors (Lipinski definition) is 2. The number of dihydropyridines is 1.